The van der Waals surface area contributed by atoms with Crippen molar-refractivity contribution in [3.63, 3.8) is 0 Å². The van der Waals surface area contributed by atoms with Gasteiger partial charge >= 0.3 is 5.97 Å². The van der Waals surface area contributed by atoms with Crippen LogP contribution in [0.2, 0.25) is 0 Å². The Bertz CT molecular complexity index is 1570. The molecular formula is C32H31F2N3O7S2. The first kappa shape index (κ1) is 34.4. The summed E-state index contributed by atoms with van der Waals surface area (Å²) in [7, 11) is 0. The van der Waals surface area contributed by atoms with Gasteiger partial charge in [-0.2, -0.15) is 11.8 Å². The average molecular weight is 672 g/mol. The van der Waals surface area contributed by atoms with Gasteiger partial charge in [-0.25, -0.2) is 13.6 Å². The first-order chi connectivity index (χ1) is 22.0. The highest BCUT2D eigenvalue weighted by Crippen LogP contribution is 2.45. The van der Waals surface area contributed by atoms with Crippen molar-refractivity contribution in [3.8, 4) is 5.75 Å². The molecule has 1 aliphatic heterocycles. The molecule has 1 fully saturated rings. The Kier molecular flexibility index (Phi) is 11.8. The highest BCUT2D eigenvalue weighted by atomic mass is 32.2. The molecule has 0 radical (unpaired) electrons. The molecule has 1 saturated heterocycles. The fraction of sp³-hybridized carbons (Fsp3) is 0.281. The van der Waals surface area contributed by atoms with Gasteiger partial charge in [0.25, 0.3) is 5.91 Å². The number of benzene rings is 3. The Labute approximate surface area is 272 Å². The normalized spacial score (nSPS) is 17.6. The number of hydrogen-bond donors (Lipinski definition) is 4. The summed E-state index contributed by atoms with van der Waals surface area (Å²) in [6.07, 6.45) is 2.07. The van der Waals surface area contributed by atoms with Gasteiger partial charge in [-0.1, -0.05) is 24.3 Å². The van der Waals surface area contributed by atoms with Gasteiger partial charge in [0, 0.05) is 5.56 Å². The molecule has 3 aromatic rings. The Hall–Kier alpha value is -4.43. The molecule has 3 amide bonds. The SMILES string of the molecule is CSCC[C@H](NC(=O)CNC(=O)COc1ccc([C@]2(c3ccc(F)cc3)NC(=O)[C@@H]2SCC(=O)c2ccc(F)cc2)cc1)C(=O)O. The predicted octanol–water partition coefficient (Wildman–Crippen LogP) is 3.14. The van der Waals surface area contributed by atoms with E-state index in [2.05, 4.69) is 16.0 Å². The van der Waals surface area contributed by atoms with E-state index in [1.54, 1.807) is 36.4 Å². The number of aliphatic carboxylic acids is 1. The van der Waals surface area contributed by atoms with Crippen molar-refractivity contribution >= 4 is 53.0 Å². The molecule has 0 bridgehead atoms. The minimum absolute atomic E-state index is 0.0598. The lowest BCUT2D eigenvalue weighted by Gasteiger charge is -2.49. The number of halogens is 2. The van der Waals surface area contributed by atoms with Gasteiger partial charge in [0.05, 0.1) is 12.3 Å². The van der Waals surface area contributed by atoms with Gasteiger partial charge in [-0.3, -0.25) is 19.2 Å². The largest absolute Gasteiger partial charge is 0.484 e. The number of thioether (sulfide) groups is 2. The average Bonchev–Trinajstić information content (AvgIpc) is 3.04. The van der Waals surface area contributed by atoms with E-state index in [0.717, 1.165) is 11.8 Å². The molecule has 0 saturated carbocycles. The van der Waals surface area contributed by atoms with E-state index in [-0.39, 0.29) is 23.9 Å². The van der Waals surface area contributed by atoms with Crippen LogP contribution in [0.3, 0.4) is 0 Å². The predicted molar refractivity (Wildman–Crippen MR) is 170 cm³/mol. The number of hydrogen-bond acceptors (Lipinski definition) is 8. The second kappa shape index (κ2) is 15.7. The number of ketones is 1. The van der Waals surface area contributed by atoms with Gasteiger partial charge in [-0.05, 0) is 78.1 Å². The van der Waals surface area contributed by atoms with Gasteiger partial charge in [0.1, 0.15) is 34.2 Å². The van der Waals surface area contributed by atoms with Crippen molar-refractivity contribution in [2.24, 2.45) is 0 Å². The van der Waals surface area contributed by atoms with E-state index >= 15 is 0 Å². The van der Waals surface area contributed by atoms with Crippen LogP contribution in [0.4, 0.5) is 8.78 Å². The standard InChI is InChI=1S/C32H31F2N3O7S2/c1-45-15-14-25(31(42)43)36-27(39)16-35-28(40)17-44-24-12-6-21(7-13-24)32(20-4-10-23(34)11-5-20)29(30(41)37-32)46-18-26(38)19-2-8-22(33)9-3-19/h2-13,25,29H,14-18H2,1H3,(H,35,40)(H,36,39)(H,37,41)(H,42,43)/t25-,29-,32-/m0/s1. The van der Waals surface area contributed by atoms with E-state index in [4.69, 9.17) is 4.74 Å². The van der Waals surface area contributed by atoms with Crippen LogP contribution >= 0.6 is 23.5 Å². The monoisotopic (exact) mass is 671 g/mol. The van der Waals surface area contributed by atoms with Gasteiger partial charge in [0.2, 0.25) is 11.8 Å². The first-order valence-electron chi connectivity index (χ1n) is 14.0. The number of carbonyl (C=O) groups excluding carboxylic acids is 4. The van der Waals surface area contributed by atoms with Crippen molar-refractivity contribution in [3.05, 3.63) is 101 Å². The van der Waals surface area contributed by atoms with Crippen molar-refractivity contribution in [1.29, 1.82) is 0 Å². The lowest BCUT2D eigenvalue weighted by atomic mass is 9.74. The van der Waals surface area contributed by atoms with Crippen molar-refractivity contribution in [2.45, 2.75) is 23.3 Å². The Morgan fingerprint density at radius 1 is 0.935 bits per heavy atom. The molecule has 4 N–H and O–H groups in total. The van der Waals surface area contributed by atoms with E-state index in [1.807, 2.05) is 6.26 Å². The molecule has 0 unspecified atom stereocenters. The fourth-order valence-electron chi connectivity index (χ4n) is 4.78. The summed E-state index contributed by atoms with van der Waals surface area (Å²) in [5, 5.41) is 16.2. The number of rotatable bonds is 16. The number of amides is 3. The molecule has 1 aliphatic rings. The molecule has 3 aromatic carbocycles. The zero-order valence-electron chi connectivity index (χ0n) is 24.6. The molecule has 4 rings (SSSR count). The number of carbonyl (C=O) groups is 5. The maximum atomic E-state index is 13.8. The summed E-state index contributed by atoms with van der Waals surface area (Å²) in [5.74, 6) is -3.15. The summed E-state index contributed by atoms with van der Waals surface area (Å²) >= 11 is 2.56. The third-order valence-corrected chi connectivity index (χ3v) is 9.14. The summed E-state index contributed by atoms with van der Waals surface area (Å²) in [4.78, 5) is 61.3. The Morgan fingerprint density at radius 2 is 1.52 bits per heavy atom. The van der Waals surface area contributed by atoms with Crippen LogP contribution in [0.15, 0.2) is 72.8 Å². The van der Waals surface area contributed by atoms with E-state index < -0.39 is 59.4 Å². The van der Waals surface area contributed by atoms with Gasteiger partial charge in [0.15, 0.2) is 12.4 Å². The number of carboxylic acid groups (broad SMARTS) is 1. The summed E-state index contributed by atoms with van der Waals surface area (Å²) in [5.41, 5.74) is 0.409. The van der Waals surface area contributed by atoms with Gasteiger partial charge in [-0.15, -0.1) is 11.8 Å². The third-order valence-electron chi connectivity index (χ3n) is 7.17. The second-order valence-electron chi connectivity index (χ2n) is 10.3. The Morgan fingerprint density at radius 3 is 2.09 bits per heavy atom. The molecule has 3 atom stereocenters. The zero-order chi connectivity index (χ0) is 33.3. The molecule has 242 valence electrons. The van der Waals surface area contributed by atoms with Crippen molar-refractivity contribution in [2.75, 3.05) is 30.9 Å². The fourth-order valence-corrected chi connectivity index (χ4v) is 6.53. The van der Waals surface area contributed by atoms with Crippen LogP contribution in [0.25, 0.3) is 0 Å². The molecule has 0 spiro atoms. The molecule has 46 heavy (non-hydrogen) atoms. The first-order valence-corrected chi connectivity index (χ1v) is 16.5. The molecule has 14 heteroatoms. The lowest BCUT2D eigenvalue weighted by Crippen LogP contribution is -2.69. The van der Waals surface area contributed by atoms with Crippen LogP contribution in [-0.2, 0) is 24.7 Å². The number of ether oxygens (including phenoxy) is 1. The molecular weight excluding hydrogens is 640 g/mol. The maximum Gasteiger partial charge on any atom is 0.326 e. The quantitative estimate of drug-likeness (QED) is 0.133. The highest BCUT2D eigenvalue weighted by molar-refractivity contribution is 8.01. The number of Topliss-reactive ketones (excluding diaryl/α,β-unsaturated/α-hetero) is 1. The van der Waals surface area contributed by atoms with Crippen molar-refractivity contribution in [1.82, 2.24) is 16.0 Å². The topological polar surface area (TPSA) is 151 Å². The summed E-state index contributed by atoms with van der Waals surface area (Å²) in [6, 6.07) is 16.2. The molecule has 10 nitrogen and oxygen atoms in total. The third kappa shape index (κ3) is 8.43. The van der Waals surface area contributed by atoms with E-state index in [1.165, 1.54) is 48.2 Å². The Balaban J connectivity index is 1.40. The summed E-state index contributed by atoms with van der Waals surface area (Å²) in [6.45, 7) is -0.849. The van der Waals surface area contributed by atoms with Crippen molar-refractivity contribution < 1.29 is 42.6 Å². The van der Waals surface area contributed by atoms with Crippen LogP contribution in [0, 0.1) is 11.6 Å². The minimum Gasteiger partial charge on any atom is -0.484 e. The molecule has 1 heterocycles. The highest BCUT2D eigenvalue weighted by Gasteiger charge is 2.56. The van der Waals surface area contributed by atoms with Gasteiger partial charge < -0.3 is 25.8 Å². The zero-order valence-corrected chi connectivity index (χ0v) is 26.2. The van der Waals surface area contributed by atoms with Crippen LogP contribution in [0.1, 0.15) is 27.9 Å². The van der Waals surface area contributed by atoms with E-state index in [9.17, 15) is 37.9 Å². The number of nitrogens with one attached hydrogen (secondary N) is 3. The molecule has 0 aromatic heterocycles. The second-order valence-corrected chi connectivity index (χ2v) is 12.3. The smallest absolute Gasteiger partial charge is 0.326 e. The molecule has 0 aliphatic carbocycles. The minimum atomic E-state index is -1.16. The van der Waals surface area contributed by atoms with E-state index in [0.29, 0.717) is 28.2 Å². The summed E-state index contributed by atoms with van der Waals surface area (Å²) < 4.78 is 32.7. The van der Waals surface area contributed by atoms with Crippen LogP contribution in [-0.4, -0.2) is 76.8 Å². The van der Waals surface area contributed by atoms with Crippen LogP contribution in [0.5, 0.6) is 5.75 Å². The number of carboxylic acids is 1. The lowest BCUT2D eigenvalue weighted by molar-refractivity contribution is -0.141. The maximum absolute atomic E-state index is 13.8. The number of β-lactam (4-membered cyclic amide) rings is 1. The van der Waals surface area contributed by atoms with Crippen LogP contribution < -0.4 is 20.7 Å².